The van der Waals surface area contributed by atoms with Crippen molar-refractivity contribution in [1.29, 1.82) is 0 Å². The number of carbonyl (C=O) groups excluding carboxylic acids is 3. The third kappa shape index (κ3) is 4.91. The monoisotopic (exact) mass is 471 g/mol. The van der Waals surface area contributed by atoms with Crippen molar-refractivity contribution in [1.82, 2.24) is 4.98 Å². The van der Waals surface area contributed by atoms with Gasteiger partial charge in [-0.25, -0.2) is 0 Å². The van der Waals surface area contributed by atoms with Crippen molar-refractivity contribution in [3.8, 4) is 5.75 Å². The number of anilines is 2. The van der Waals surface area contributed by atoms with Gasteiger partial charge in [-0.1, -0.05) is 0 Å². The molecule has 178 valence electrons. The molecule has 2 aromatic carbocycles. The zero-order valence-corrected chi connectivity index (χ0v) is 19.6. The summed E-state index contributed by atoms with van der Waals surface area (Å²) in [4.78, 5) is 43.1. The Balaban J connectivity index is 1.80. The fourth-order valence-corrected chi connectivity index (χ4v) is 3.99. The quantitative estimate of drug-likeness (QED) is 0.312. The Morgan fingerprint density at radius 2 is 1.63 bits per heavy atom. The number of nitrogens with one attached hydrogen (secondary N) is 1. The number of amides is 2. The van der Waals surface area contributed by atoms with Crippen LogP contribution in [0.2, 0.25) is 0 Å². The lowest BCUT2D eigenvalue weighted by atomic mass is 9.95. The van der Waals surface area contributed by atoms with Crippen LogP contribution in [0.1, 0.15) is 37.9 Å². The minimum Gasteiger partial charge on any atom is -0.507 e. The summed E-state index contributed by atoms with van der Waals surface area (Å²) >= 11 is 0. The molecule has 8 nitrogen and oxygen atoms in total. The molecular weight excluding hydrogens is 446 g/mol. The second-order valence-electron chi connectivity index (χ2n) is 8.37. The van der Waals surface area contributed by atoms with Gasteiger partial charge in [0.25, 0.3) is 11.7 Å². The summed E-state index contributed by atoms with van der Waals surface area (Å²) in [6, 6.07) is 15.8. The lowest BCUT2D eigenvalue weighted by Crippen LogP contribution is -2.29. The highest BCUT2D eigenvalue weighted by Gasteiger charge is 2.46. The second-order valence-corrected chi connectivity index (χ2v) is 8.37. The molecule has 2 N–H and O–H groups in total. The smallest absolute Gasteiger partial charge is 0.300 e. The molecule has 0 radical (unpaired) electrons. The predicted octanol–water partition coefficient (Wildman–Crippen LogP) is 4.45. The number of ether oxygens (including phenoxy) is 1. The Hall–Kier alpha value is -4.46. The molecule has 0 bridgehead atoms. The van der Waals surface area contributed by atoms with Gasteiger partial charge in [-0.3, -0.25) is 24.3 Å². The molecule has 3 aromatic rings. The van der Waals surface area contributed by atoms with E-state index in [0.717, 1.165) is 0 Å². The van der Waals surface area contributed by atoms with E-state index >= 15 is 0 Å². The molecule has 1 aliphatic heterocycles. The van der Waals surface area contributed by atoms with Crippen LogP contribution in [0.4, 0.5) is 11.4 Å². The third-order valence-corrected chi connectivity index (χ3v) is 5.43. The van der Waals surface area contributed by atoms with E-state index in [4.69, 9.17) is 4.74 Å². The number of pyridine rings is 1. The van der Waals surface area contributed by atoms with Gasteiger partial charge in [0.15, 0.2) is 0 Å². The highest BCUT2D eigenvalue weighted by atomic mass is 16.5. The number of benzene rings is 2. The molecule has 1 unspecified atom stereocenters. The van der Waals surface area contributed by atoms with E-state index in [2.05, 4.69) is 10.3 Å². The molecule has 1 aliphatic rings. The van der Waals surface area contributed by atoms with Gasteiger partial charge in [0.2, 0.25) is 5.91 Å². The van der Waals surface area contributed by atoms with E-state index < -0.39 is 17.7 Å². The highest BCUT2D eigenvalue weighted by Crippen LogP contribution is 2.42. The van der Waals surface area contributed by atoms with Gasteiger partial charge in [0, 0.05) is 36.3 Å². The number of Topliss-reactive ketones (excluding diaryl/α,β-unsaturated/α-hetero) is 1. The van der Waals surface area contributed by atoms with E-state index in [1.165, 1.54) is 11.8 Å². The van der Waals surface area contributed by atoms with Crippen LogP contribution in [0.15, 0.2) is 78.6 Å². The summed E-state index contributed by atoms with van der Waals surface area (Å²) < 4.78 is 5.65. The number of rotatable bonds is 6. The van der Waals surface area contributed by atoms with Crippen molar-refractivity contribution in [2.24, 2.45) is 0 Å². The van der Waals surface area contributed by atoms with E-state index in [0.29, 0.717) is 28.3 Å². The van der Waals surface area contributed by atoms with E-state index in [1.54, 1.807) is 73.1 Å². The van der Waals surface area contributed by atoms with Crippen molar-refractivity contribution >= 4 is 34.7 Å². The topological polar surface area (TPSA) is 109 Å². The number of aliphatic hydroxyl groups excluding tert-OH is 1. The van der Waals surface area contributed by atoms with Gasteiger partial charge in [-0.05, 0) is 80.1 Å². The zero-order chi connectivity index (χ0) is 25.1. The Morgan fingerprint density at radius 3 is 2.20 bits per heavy atom. The fourth-order valence-electron chi connectivity index (χ4n) is 3.99. The van der Waals surface area contributed by atoms with Crippen molar-refractivity contribution in [3.63, 3.8) is 0 Å². The fraction of sp³-hybridized carbons (Fsp3) is 0.185. The third-order valence-electron chi connectivity index (χ3n) is 5.43. The summed E-state index contributed by atoms with van der Waals surface area (Å²) in [6.07, 6.45) is 3.12. The standard InChI is InChI=1S/C27H25N3O5/c1-16(2)35-22-10-4-19(5-11-22)25(32)23-24(18-12-14-28-15-13-18)30(27(34)26(23)33)21-8-6-20(7-9-21)29-17(3)31/h4-16,24,32H,1-3H3,(H,29,31)/b25-23-. The SMILES string of the molecule is CC(=O)Nc1ccc(N2C(=O)C(=O)/C(=C(\O)c3ccc(OC(C)C)cc3)C2c2ccncc2)cc1. The zero-order valence-electron chi connectivity index (χ0n) is 19.6. The molecule has 1 saturated heterocycles. The molecular formula is C27H25N3O5. The molecule has 0 spiro atoms. The second kappa shape index (κ2) is 9.80. The lowest BCUT2D eigenvalue weighted by molar-refractivity contribution is -0.132. The summed E-state index contributed by atoms with van der Waals surface area (Å²) in [5, 5.41) is 13.9. The number of carbonyl (C=O) groups is 3. The Bertz CT molecular complexity index is 1280. The average molecular weight is 472 g/mol. The van der Waals surface area contributed by atoms with Crippen LogP contribution in [0.5, 0.6) is 5.75 Å². The first-order valence-corrected chi connectivity index (χ1v) is 11.1. The number of aromatic nitrogens is 1. The summed E-state index contributed by atoms with van der Waals surface area (Å²) in [7, 11) is 0. The molecule has 1 aromatic heterocycles. The van der Waals surface area contributed by atoms with Crippen LogP contribution >= 0.6 is 0 Å². The highest BCUT2D eigenvalue weighted by molar-refractivity contribution is 6.51. The van der Waals surface area contributed by atoms with Crippen molar-refractivity contribution in [2.75, 3.05) is 10.2 Å². The van der Waals surface area contributed by atoms with Gasteiger partial charge in [-0.15, -0.1) is 0 Å². The largest absolute Gasteiger partial charge is 0.507 e. The predicted molar refractivity (Wildman–Crippen MR) is 132 cm³/mol. The molecule has 2 heterocycles. The minimum absolute atomic E-state index is 0.0107. The van der Waals surface area contributed by atoms with Gasteiger partial charge < -0.3 is 15.2 Å². The molecule has 35 heavy (non-hydrogen) atoms. The number of hydrogen-bond acceptors (Lipinski definition) is 6. The maximum atomic E-state index is 13.2. The first-order chi connectivity index (χ1) is 16.8. The van der Waals surface area contributed by atoms with Crippen molar-refractivity contribution < 1.29 is 24.2 Å². The first-order valence-electron chi connectivity index (χ1n) is 11.1. The summed E-state index contributed by atoms with van der Waals surface area (Å²) in [5.74, 6) is -1.43. The van der Waals surface area contributed by atoms with Crippen molar-refractivity contribution in [2.45, 2.75) is 32.9 Å². The molecule has 4 rings (SSSR count). The van der Waals surface area contributed by atoms with E-state index in [9.17, 15) is 19.5 Å². The average Bonchev–Trinajstić information content (AvgIpc) is 3.10. The maximum Gasteiger partial charge on any atom is 0.300 e. The molecule has 1 atom stereocenters. The van der Waals surface area contributed by atoms with Crippen LogP contribution in [-0.2, 0) is 14.4 Å². The lowest BCUT2D eigenvalue weighted by Gasteiger charge is -2.25. The number of aliphatic hydroxyl groups is 1. The number of ketones is 1. The summed E-state index contributed by atoms with van der Waals surface area (Å²) in [5.41, 5.74) is 1.99. The first kappa shape index (κ1) is 23.7. The van der Waals surface area contributed by atoms with Crippen LogP contribution in [-0.4, -0.2) is 33.8 Å². The van der Waals surface area contributed by atoms with Crippen LogP contribution in [0.3, 0.4) is 0 Å². The number of hydrogen-bond donors (Lipinski definition) is 2. The Labute approximate surface area is 202 Å². The van der Waals surface area contributed by atoms with Crippen LogP contribution in [0.25, 0.3) is 5.76 Å². The number of nitrogens with zero attached hydrogens (tertiary/aromatic N) is 2. The van der Waals surface area contributed by atoms with E-state index in [-0.39, 0.29) is 23.3 Å². The van der Waals surface area contributed by atoms with Gasteiger partial charge in [0.05, 0.1) is 17.7 Å². The van der Waals surface area contributed by atoms with Gasteiger partial charge in [0.1, 0.15) is 11.5 Å². The van der Waals surface area contributed by atoms with Crippen LogP contribution < -0.4 is 15.0 Å². The molecule has 2 amide bonds. The Morgan fingerprint density at radius 1 is 1.00 bits per heavy atom. The molecule has 8 heteroatoms. The van der Waals surface area contributed by atoms with Crippen molar-refractivity contribution in [3.05, 3.63) is 89.8 Å². The van der Waals surface area contributed by atoms with Gasteiger partial charge in [-0.2, -0.15) is 0 Å². The molecule has 0 saturated carbocycles. The maximum absolute atomic E-state index is 13.2. The Kier molecular flexibility index (Phi) is 6.64. The van der Waals surface area contributed by atoms with Crippen LogP contribution in [0, 0.1) is 0 Å². The van der Waals surface area contributed by atoms with E-state index in [1.807, 2.05) is 13.8 Å². The summed E-state index contributed by atoms with van der Waals surface area (Å²) in [6.45, 7) is 5.22. The van der Waals surface area contributed by atoms with Gasteiger partial charge >= 0.3 is 0 Å². The molecule has 1 fully saturated rings. The minimum atomic E-state index is -0.865. The normalized spacial score (nSPS) is 17.0. The molecule has 0 aliphatic carbocycles.